The maximum atomic E-state index is 12.2. The van der Waals surface area contributed by atoms with E-state index in [4.69, 9.17) is 0 Å². The molecule has 3 rings (SSSR count). The van der Waals surface area contributed by atoms with Crippen LogP contribution < -0.4 is 10.6 Å². The molecular weight excluding hydrogens is 350 g/mol. The van der Waals surface area contributed by atoms with Crippen molar-refractivity contribution in [3.63, 3.8) is 0 Å². The van der Waals surface area contributed by atoms with E-state index < -0.39 is 0 Å². The summed E-state index contributed by atoms with van der Waals surface area (Å²) in [5.74, 6) is 2.08. The van der Waals surface area contributed by atoms with E-state index in [9.17, 15) is 4.79 Å². The van der Waals surface area contributed by atoms with Crippen molar-refractivity contribution in [2.75, 3.05) is 18.4 Å². The third-order valence-electron chi connectivity index (χ3n) is 3.66. The van der Waals surface area contributed by atoms with E-state index in [-0.39, 0.29) is 5.91 Å². The Kier molecular flexibility index (Phi) is 5.90. The Labute approximate surface area is 155 Å². The largest absolute Gasteiger partial charge is 0.368 e. The molecule has 8 nitrogen and oxygen atoms in total. The summed E-state index contributed by atoms with van der Waals surface area (Å²) in [6.07, 6.45) is 5.56. The molecule has 0 unspecified atom stereocenters. The second kappa shape index (κ2) is 8.52. The highest BCUT2D eigenvalue weighted by atomic mass is 32.1. The van der Waals surface area contributed by atoms with E-state index >= 15 is 0 Å². The highest BCUT2D eigenvalue weighted by Gasteiger charge is 2.14. The van der Waals surface area contributed by atoms with Crippen LogP contribution in [0.1, 0.15) is 34.5 Å². The summed E-state index contributed by atoms with van der Waals surface area (Å²) in [6, 6.07) is 5.77. The summed E-state index contributed by atoms with van der Waals surface area (Å²) < 4.78 is 5.80. The van der Waals surface area contributed by atoms with Gasteiger partial charge in [-0.1, -0.05) is 17.8 Å². The number of carbonyl (C=O) groups excluding carboxylic acids is 1. The van der Waals surface area contributed by atoms with Crippen LogP contribution in [0.3, 0.4) is 0 Å². The minimum Gasteiger partial charge on any atom is -0.368 e. The zero-order chi connectivity index (χ0) is 18.4. The van der Waals surface area contributed by atoms with Crippen molar-refractivity contribution in [1.82, 2.24) is 29.4 Å². The molecule has 0 aliphatic rings. The molecule has 0 aromatic carbocycles. The maximum Gasteiger partial charge on any atom is 0.265 e. The molecular formula is C17H21N7OS. The van der Waals surface area contributed by atoms with Gasteiger partial charge in [0.15, 0.2) is 0 Å². The first kappa shape index (κ1) is 18.0. The van der Waals surface area contributed by atoms with Gasteiger partial charge in [0, 0.05) is 31.5 Å². The Morgan fingerprint density at radius 2 is 2.04 bits per heavy atom. The summed E-state index contributed by atoms with van der Waals surface area (Å²) in [7, 11) is 0. The molecule has 3 aromatic rings. The van der Waals surface area contributed by atoms with Crippen molar-refractivity contribution in [3.8, 4) is 5.82 Å². The first-order valence-corrected chi connectivity index (χ1v) is 9.27. The Balaban J connectivity index is 1.54. The summed E-state index contributed by atoms with van der Waals surface area (Å²) in [5, 5.41) is 10.1. The number of rotatable bonds is 8. The summed E-state index contributed by atoms with van der Waals surface area (Å²) in [6.45, 7) is 4.94. The van der Waals surface area contributed by atoms with Crippen molar-refractivity contribution in [3.05, 3.63) is 47.0 Å². The predicted octanol–water partition coefficient (Wildman–Crippen LogP) is 2.22. The lowest BCUT2D eigenvalue weighted by atomic mass is 10.2. The van der Waals surface area contributed by atoms with Crippen molar-refractivity contribution in [2.45, 2.75) is 26.7 Å². The number of amides is 1. The third-order valence-corrected chi connectivity index (χ3v) is 4.43. The Morgan fingerprint density at radius 3 is 2.81 bits per heavy atom. The van der Waals surface area contributed by atoms with E-state index in [1.54, 1.807) is 0 Å². The topological polar surface area (TPSA) is 97.6 Å². The number of hydrogen-bond donors (Lipinski definition) is 2. The Hall–Kier alpha value is -2.81. The molecule has 0 spiro atoms. The molecule has 136 valence electrons. The van der Waals surface area contributed by atoms with Crippen LogP contribution in [0.2, 0.25) is 0 Å². The Bertz CT molecular complexity index is 860. The summed E-state index contributed by atoms with van der Waals surface area (Å²) >= 11 is 1.14. The number of nitrogens with one attached hydrogen (secondary N) is 2. The van der Waals surface area contributed by atoms with Gasteiger partial charge in [-0.25, -0.2) is 9.97 Å². The zero-order valence-corrected chi connectivity index (χ0v) is 15.6. The van der Waals surface area contributed by atoms with Gasteiger partial charge in [0.2, 0.25) is 0 Å². The van der Waals surface area contributed by atoms with Gasteiger partial charge in [-0.2, -0.15) is 0 Å². The summed E-state index contributed by atoms with van der Waals surface area (Å²) in [5.41, 5.74) is 0.769. The van der Waals surface area contributed by atoms with Gasteiger partial charge in [-0.05, 0) is 37.0 Å². The standard InChI is InChI=1S/C17H21N7OS/c1-3-6-13-16(26-23-22-13)17(25)19-8-7-18-14-11-15(21-12(2)20-14)24-9-4-5-10-24/h4-5,9-11H,3,6-8H2,1-2H3,(H,19,25)(H,18,20,21). The molecule has 0 saturated heterocycles. The first-order valence-electron chi connectivity index (χ1n) is 8.49. The highest BCUT2D eigenvalue weighted by molar-refractivity contribution is 7.08. The van der Waals surface area contributed by atoms with E-state index in [0.29, 0.717) is 23.8 Å². The van der Waals surface area contributed by atoms with E-state index in [1.807, 2.05) is 42.1 Å². The van der Waals surface area contributed by atoms with Gasteiger partial charge in [-0.15, -0.1) is 5.10 Å². The second-order valence-electron chi connectivity index (χ2n) is 5.73. The minimum absolute atomic E-state index is 0.128. The highest BCUT2D eigenvalue weighted by Crippen LogP contribution is 2.13. The normalized spacial score (nSPS) is 10.7. The first-order chi connectivity index (χ1) is 12.7. The number of aryl methyl sites for hydroxylation is 2. The zero-order valence-electron chi connectivity index (χ0n) is 14.8. The molecule has 1 amide bonds. The third kappa shape index (κ3) is 4.42. The molecule has 0 fully saturated rings. The molecule has 0 bridgehead atoms. The average Bonchev–Trinajstić information content (AvgIpc) is 3.30. The van der Waals surface area contributed by atoms with Gasteiger partial charge in [-0.3, -0.25) is 4.79 Å². The van der Waals surface area contributed by atoms with Crippen molar-refractivity contribution in [1.29, 1.82) is 0 Å². The average molecular weight is 371 g/mol. The maximum absolute atomic E-state index is 12.2. The lowest BCUT2D eigenvalue weighted by molar-refractivity contribution is 0.0958. The molecule has 9 heteroatoms. The quantitative estimate of drug-likeness (QED) is 0.589. The Morgan fingerprint density at radius 1 is 1.23 bits per heavy atom. The van der Waals surface area contributed by atoms with Crippen LogP contribution in [0.15, 0.2) is 30.6 Å². The fourth-order valence-corrected chi connectivity index (χ4v) is 3.11. The molecule has 0 aliphatic heterocycles. The minimum atomic E-state index is -0.128. The number of carbonyl (C=O) groups is 1. The molecule has 2 N–H and O–H groups in total. The lowest BCUT2D eigenvalue weighted by Gasteiger charge is -2.10. The fourth-order valence-electron chi connectivity index (χ4n) is 2.49. The summed E-state index contributed by atoms with van der Waals surface area (Å²) in [4.78, 5) is 21.6. The van der Waals surface area contributed by atoms with Crippen LogP contribution in [-0.4, -0.2) is 43.1 Å². The SMILES string of the molecule is CCCc1nnsc1C(=O)NCCNc1cc(-n2cccc2)nc(C)n1. The number of aromatic nitrogens is 5. The van der Waals surface area contributed by atoms with Crippen LogP contribution in [0.4, 0.5) is 5.82 Å². The monoisotopic (exact) mass is 371 g/mol. The number of hydrogen-bond acceptors (Lipinski definition) is 7. The molecule has 3 heterocycles. The van der Waals surface area contributed by atoms with Gasteiger partial charge in [0.1, 0.15) is 22.3 Å². The van der Waals surface area contributed by atoms with Gasteiger partial charge in [0.05, 0.1) is 5.69 Å². The molecule has 26 heavy (non-hydrogen) atoms. The smallest absolute Gasteiger partial charge is 0.265 e. The lowest BCUT2D eigenvalue weighted by Crippen LogP contribution is -2.29. The van der Waals surface area contributed by atoms with Crippen molar-refractivity contribution < 1.29 is 4.79 Å². The van der Waals surface area contributed by atoms with Crippen molar-refractivity contribution in [2.24, 2.45) is 0 Å². The van der Waals surface area contributed by atoms with Crippen LogP contribution in [0, 0.1) is 6.92 Å². The van der Waals surface area contributed by atoms with Crippen LogP contribution in [0.5, 0.6) is 0 Å². The van der Waals surface area contributed by atoms with E-state index in [2.05, 4.69) is 37.1 Å². The van der Waals surface area contributed by atoms with E-state index in [0.717, 1.165) is 41.7 Å². The second-order valence-corrected chi connectivity index (χ2v) is 6.48. The van der Waals surface area contributed by atoms with Crippen LogP contribution >= 0.6 is 11.5 Å². The number of anilines is 1. The molecule has 0 saturated carbocycles. The fraction of sp³-hybridized carbons (Fsp3) is 0.353. The number of nitrogens with zero attached hydrogens (tertiary/aromatic N) is 5. The molecule has 3 aromatic heterocycles. The van der Waals surface area contributed by atoms with E-state index in [1.165, 1.54) is 0 Å². The van der Waals surface area contributed by atoms with Crippen LogP contribution in [0.25, 0.3) is 5.82 Å². The molecule has 0 aliphatic carbocycles. The van der Waals surface area contributed by atoms with Crippen LogP contribution in [-0.2, 0) is 6.42 Å². The molecule has 0 atom stereocenters. The van der Waals surface area contributed by atoms with Gasteiger partial charge >= 0.3 is 0 Å². The predicted molar refractivity (Wildman–Crippen MR) is 101 cm³/mol. The van der Waals surface area contributed by atoms with Gasteiger partial charge in [0.25, 0.3) is 5.91 Å². The van der Waals surface area contributed by atoms with Crippen molar-refractivity contribution >= 4 is 23.3 Å². The van der Waals surface area contributed by atoms with Gasteiger partial charge < -0.3 is 15.2 Å². The molecule has 0 radical (unpaired) electrons.